The van der Waals surface area contributed by atoms with E-state index in [1.54, 1.807) is 22.5 Å². The van der Waals surface area contributed by atoms with Gasteiger partial charge in [-0.2, -0.15) is 15.5 Å². The Bertz CT molecular complexity index is 1750. The van der Waals surface area contributed by atoms with Crippen molar-refractivity contribution in [3.05, 3.63) is 78.6 Å². The zero-order chi connectivity index (χ0) is 28.1. The van der Waals surface area contributed by atoms with Crippen molar-refractivity contribution in [2.45, 2.75) is 18.6 Å². The number of aliphatic hydroxyl groups excluding tert-OH is 1. The summed E-state index contributed by atoms with van der Waals surface area (Å²) in [6.45, 7) is 2.58. The molecule has 0 amide bonds. The minimum absolute atomic E-state index is 0.129. The van der Waals surface area contributed by atoms with E-state index in [9.17, 15) is 10.4 Å². The Morgan fingerprint density at radius 1 is 1.00 bits per heavy atom. The van der Waals surface area contributed by atoms with Gasteiger partial charge in [0.2, 0.25) is 5.88 Å². The van der Waals surface area contributed by atoms with Gasteiger partial charge in [0.15, 0.2) is 0 Å². The molecule has 0 unspecified atom stereocenters. The number of anilines is 1. The summed E-state index contributed by atoms with van der Waals surface area (Å²) in [5, 5.41) is 28.7. The van der Waals surface area contributed by atoms with Crippen LogP contribution in [0.1, 0.15) is 11.1 Å². The molecule has 2 saturated heterocycles. The summed E-state index contributed by atoms with van der Waals surface area (Å²) in [5.41, 5.74) is 6.08. The zero-order valence-corrected chi connectivity index (χ0v) is 22.8. The van der Waals surface area contributed by atoms with E-state index in [0.29, 0.717) is 17.5 Å². The predicted molar refractivity (Wildman–Crippen MR) is 152 cm³/mol. The van der Waals surface area contributed by atoms with Crippen LogP contribution in [0.5, 0.6) is 5.88 Å². The Kier molecular flexibility index (Phi) is 6.14. The lowest BCUT2D eigenvalue weighted by atomic mass is 9.89. The summed E-state index contributed by atoms with van der Waals surface area (Å²) < 4.78 is 8.70. The van der Waals surface area contributed by atoms with Gasteiger partial charge in [0.05, 0.1) is 36.6 Å². The van der Waals surface area contributed by atoms with Crippen LogP contribution in [0.3, 0.4) is 0 Å². The van der Waals surface area contributed by atoms with Crippen molar-refractivity contribution in [1.29, 1.82) is 5.26 Å². The molecule has 1 N–H and O–H groups in total. The normalized spacial score (nSPS) is 20.1. The molecule has 0 bridgehead atoms. The Morgan fingerprint density at radius 2 is 1.90 bits per heavy atom. The Hall–Kier alpha value is -4.79. The highest BCUT2D eigenvalue weighted by Crippen LogP contribution is 2.40. The molecule has 0 aromatic carbocycles. The summed E-state index contributed by atoms with van der Waals surface area (Å²) in [4.78, 5) is 13.9. The quantitative estimate of drug-likeness (QED) is 0.328. The lowest BCUT2D eigenvalue weighted by Gasteiger charge is -2.49. The average Bonchev–Trinajstić information content (AvgIpc) is 3.68. The monoisotopic (exact) mass is 547 g/mol. The van der Waals surface area contributed by atoms with Crippen LogP contribution in [0.15, 0.2) is 67.5 Å². The number of aliphatic hydroxyl groups is 1. The molecule has 5 aromatic heterocycles. The number of ether oxygens (including phenoxy) is 1. The maximum atomic E-state index is 10.2. The van der Waals surface area contributed by atoms with Crippen LogP contribution in [0.25, 0.3) is 27.8 Å². The summed E-state index contributed by atoms with van der Waals surface area (Å²) in [6, 6.07) is 12.9. The number of fused-ring (bicyclic) bond motifs is 2. The first-order valence-electron chi connectivity index (χ1n) is 13.5. The number of rotatable bonds is 7. The fourth-order valence-electron chi connectivity index (χ4n) is 6.27. The van der Waals surface area contributed by atoms with Crippen molar-refractivity contribution in [3.8, 4) is 34.2 Å². The van der Waals surface area contributed by atoms with Crippen LogP contribution < -0.4 is 9.64 Å². The third kappa shape index (κ3) is 4.28. The van der Waals surface area contributed by atoms with Gasteiger partial charge in [0.25, 0.3) is 0 Å². The molecule has 0 radical (unpaired) electrons. The van der Waals surface area contributed by atoms with E-state index in [4.69, 9.17) is 9.72 Å². The molecule has 3 atom stereocenters. The highest BCUT2D eigenvalue weighted by Gasteiger charge is 2.52. The second kappa shape index (κ2) is 9.99. The number of hydrogen-bond acceptors (Lipinski definition) is 9. The number of aryl methyl sites for hydroxylation is 1. The van der Waals surface area contributed by atoms with Crippen LogP contribution in [0.4, 0.5) is 5.82 Å². The second-order valence-corrected chi connectivity index (χ2v) is 10.7. The summed E-state index contributed by atoms with van der Waals surface area (Å²) in [6.07, 6.45) is 11.0. The number of nitriles is 1. The third-order valence-corrected chi connectivity index (χ3v) is 8.31. The van der Waals surface area contributed by atoms with Crippen LogP contribution >= 0.6 is 0 Å². The molecule has 7 rings (SSSR count). The average molecular weight is 548 g/mol. The van der Waals surface area contributed by atoms with Gasteiger partial charge >= 0.3 is 0 Å². The smallest absolute Gasteiger partial charge is 0.212 e. The van der Waals surface area contributed by atoms with Gasteiger partial charge in [0.1, 0.15) is 11.9 Å². The van der Waals surface area contributed by atoms with E-state index in [1.807, 2.05) is 56.2 Å². The molecular weight excluding hydrogens is 518 g/mol. The number of methoxy groups -OCH3 is 1. The number of nitrogens with zero attached hydrogens (tertiary/aromatic N) is 9. The fraction of sp³-hybridized carbons (Fsp3) is 0.300. The summed E-state index contributed by atoms with van der Waals surface area (Å²) in [5.74, 6) is 1.63. The standard InChI is InChI=1S/C30H29N9O2/c1-36-14-23(12-34-36)21-7-25(29-22(8-31)11-35-39(29)16-21)20-4-5-27(32-10-20)38-17-26-30(38)24(18-40)15-37(26)13-19-3-6-28(41-2)33-9-19/h3-7,9-12,14,16,24,26,30,40H,13,15,17-18H2,1-2H3/t24-,26-,30-/m0/s1. The van der Waals surface area contributed by atoms with E-state index >= 15 is 0 Å². The first-order chi connectivity index (χ1) is 20.1. The largest absolute Gasteiger partial charge is 0.481 e. The van der Waals surface area contributed by atoms with Crippen molar-refractivity contribution in [2.75, 3.05) is 31.7 Å². The van der Waals surface area contributed by atoms with Crippen molar-refractivity contribution in [3.63, 3.8) is 0 Å². The van der Waals surface area contributed by atoms with E-state index in [0.717, 1.165) is 58.8 Å². The molecular formula is C30H29N9O2. The number of aromatic nitrogens is 6. The van der Waals surface area contributed by atoms with Crippen LogP contribution in [0, 0.1) is 17.2 Å². The van der Waals surface area contributed by atoms with Gasteiger partial charge in [-0.1, -0.05) is 6.07 Å². The maximum absolute atomic E-state index is 10.2. The van der Waals surface area contributed by atoms with Gasteiger partial charge in [-0.3, -0.25) is 9.58 Å². The molecule has 0 saturated carbocycles. The van der Waals surface area contributed by atoms with Crippen molar-refractivity contribution >= 4 is 11.3 Å². The molecule has 0 aliphatic carbocycles. The van der Waals surface area contributed by atoms with E-state index < -0.39 is 0 Å². The van der Waals surface area contributed by atoms with Crippen molar-refractivity contribution in [1.82, 2.24) is 34.3 Å². The van der Waals surface area contributed by atoms with E-state index in [1.165, 1.54) is 0 Å². The lowest BCUT2D eigenvalue weighted by Crippen LogP contribution is -2.64. The Morgan fingerprint density at radius 3 is 2.59 bits per heavy atom. The third-order valence-electron chi connectivity index (χ3n) is 8.31. The fourth-order valence-corrected chi connectivity index (χ4v) is 6.27. The summed E-state index contributed by atoms with van der Waals surface area (Å²) in [7, 11) is 3.50. The van der Waals surface area contributed by atoms with E-state index in [-0.39, 0.29) is 18.6 Å². The molecule has 11 heteroatoms. The SMILES string of the molecule is COc1ccc(CN2C[C@@H](CO)[C@H]3[C@@H]2CN3c2ccc(-c3cc(-c4cnn(C)c4)cn4ncc(C#N)c34)cn2)cn1. The molecule has 5 aromatic rings. The van der Waals surface area contributed by atoms with E-state index in [2.05, 4.69) is 43.2 Å². The van der Waals surface area contributed by atoms with Crippen molar-refractivity contribution < 1.29 is 9.84 Å². The van der Waals surface area contributed by atoms with Gasteiger partial charge in [-0.05, 0) is 23.8 Å². The zero-order valence-electron chi connectivity index (χ0n) is 22.8. The molecule has 2 aliphatic rings. The molecule has 2 fully saturated rings. The minimum Gasteiger partial charge on any atom is -0.481 e. The topological polar surface area (TPSA) is 121 Å². The molecule has 41 heavy (non-hydrogen) atoms. The predicted octanol–water partition coefficient (Wildman–Crippen LogP) is 2.75. The Labute approximate surface area is 236 Å². The summed E-state index contributed by atoms with van der Waals surface area (Å²) >= 11 is 0. The molecule has 2 aliphatic heterocycles. The van der Waals surface area contributed by atoms with Crippen LogP contribution in [-0.4, -0.2) is 78.3 Å². The lowest BCUT2D eigenvalue weighted by molar-refractivity contribution is 0.187. The molecule has 206 valence electrons. The first-order valence-corrected chi connectivity index (χ1v) is 13.5. The van der Waals surface area contributed by atoms with Gasteiger partial charge in [-0.25, -0.2) is 14.5 Å². The molecule has 7 heterocycles. The van der Waals surface area contributed by atoms with Crippen LogP contribution in [-0.2, 0) is 13.6 Å². The first kappa shape index (κ1) is 25.2. The van der Waals surface area contributed by atoms with Gasteiger partial charge in [0, 0.05) is 98.4 Å². The second-order valence-electron chi connectivity index (χ2n) is 10.7. The molecule has 0 spiro atoms. The number of likely N-dealkylation sites (tertiary alicyclic amines) is 1. The van der Waals surface area contributed by atoms with Crippen LogP contribution in [0.2, 0.25) is 0 Å². The highest BCUT2D eigenvalue weighted by atomic mass is 16.5. The Balaban J connectivity index is 1.15. The minimum atomic E-state index is 0.129. The maximum Gasteiger partial charge on any atom is 0.212 e. The molecule has 11 nitrogen and oxygen atoms in total. The van der Waals surface area contributed by atoms with Crippen molar-refractivity contribution in [2.24, 2.45) is 13.0 Å². The van der Waals surface area contributed by atoms with Gasteiger partial charge < -0.3 is 14.7 Å². The highest BCUT2D eigenvalue weighted by molar-refractivity contribution is 5.87. The number of pyridine rings is 3. The number of hydrogen-bond donors (Lipinski definition) is 1. The van der Waals surface area contributed by atoms with Gasteiger partial charge in [-0.15, -0.1) is 0 Å².